The second kappa shape index (κ2) is 7.08. The largest absolute Gasteiger partial charge is 0.390 e. The van der Waals surface area contributed by atoms with Crippen molar-refractivity contribution in [1.29, 1.82) is 0 Å². The zero-order chi connectivity index (χ0) is 14.4. The highest BCUT2D eigenvalue weighted by atomic mass is 16.3. The summed E-state index contributed by atoms with van der Waals surface area (Å²) in [5.41, 5.74) is 2.19. The van der Waals surface area contributed by atoms with E-state index in [-0.39, 0.29) is 0 Å². The maximum absolute atomic E-state index is 10.2. The molecule has 0 saturated carbocycles. The molecule has 0 aromatic heterocycles. The van der Waals surface area contributed by atoms with Gasteiger partial charge in [-0.1, -0.05) is 36.4 Å². The van der Waals surface area contributed by atoms with Crippen LogP contribution in [0, 0.1) is 0 Å². The van der Waals surface area contributed by atoms with Gasteiger partial charge in [-0.25, -0.2) is 0 Å². The Kier molecular flexibility index (Phi) is 5.16. The number of rotatable bonds is 6. The smallest absolute Gasteiger partial charge is 0.0845 e. The minimum Gasteiger partial charge on any atom is -0.390 e. The SMILES string of the molecule is CN(C)C[C@H](O)CN(c1ccccc1)c1ccccc1. The van der Waals surface area contributed by atoms with E-state index in [1.165, 1.54) is 0 Å². The minimum atomic E-state index is -0.398. The maximum atomic E-state index is 10.2. The van der Waals surface area contributed by atoms with E-state index in [4.69, 9.17) is 0 Å². The number of likely N-dealkylation sites (N-methyl/N-ethyl adjacent to an activating group) is 1. The van der Waals surface area contributed by atoms with E-state index in [1.54, 1.807) is 0 Å². The predicted octanol–water partition coefficient (Wildman–Crippen LogP) is 2.75. The first-order valence-electron chi connectivity index (χ1n) is 6.87. The molecule has 0 spiro atoms. The quantitative estimate of drug-likeness (QED) is 0.874. The molecule has 2 aromatic carbocycles. The third-order valence-electron chi connectivity index (χ3n) is 3.10. The summed E-state index contributed by atoms with van der Waals surface area (Å²) >= 11 is 0. The van der Waals surface area contributed by atoms with Gasteiger partial charge in [0.25, 0.3) is 0 Å². The Labute approximate surface area is 121 Å². The van der Waals surface area contributed by atoms with Crippen LogP contribution in [0.15, 0.2) is 60.7 Å². The summed E-state index contributed by atoms with van der Waals surface area (Å²) in [4.78, 5) is 4.15. The van der Waals surface area contributed by atoms with Crippen LogP contribution >= 0.6 is 0 Å². The van der Waals surface area contributed by atoms with Gasteiger partial charge in [0.2, 0.25) is 0 Å². The second-order valence-corrected chi connectivity index (χ2v) is 5.20. The summed E-state index contributed by atoms with van der Waals surface area (Å²) < 4.78 is 0. The summed E-state index contributed by atoms with van der Waals surface area (Å²) in [7, 11) is 3.94. The zero-order valence-corrected chi connectivity index (χ0v) is 12.1. The van der Waals surface area contributed by atoms with Crippen molar-refractivity contribution in [3.8, 4) is 0 Å². The van der Waals surface area contributed by atoms with Crippen molar-refractivity contribution in [3.63, 3.8) is 0 Å². The van der Waals surface area contributed by atoms with Crippen molar-refractivity contribution in [2.75, 3.05) is 32.1 Å². The Bertz CT molecular complexity index is 459. The Hall–Kier alpha value is -1.84. The van der Waals surface area contributed by atoms with Gasteiger partial charge in [-0.2, -0.15) is 0 Å². The van der Waals surface area contributed by atoms with Gasteiger partial charge in [-0.3, -0.25) is 0 Å². The fraction of sp³-hybridized carbons (Fsp3) is 0.294. The number of benzene rings is 2. The highest BCUT2D eigenvalue weighted by Crippen LogP contribution is 2.24. The van der Waals surface area contributed by atoms with E-state index in [9.17, 15) is 5.11 Å². The Morgan fingerprint density at radius 3 is 1.65 bits per heavy atom. The van der Waals surface area contributed by atoms with Crippen molar-refractivity contribution >= 4 is 11.4 Å². The van der Waals surface area contributed by atoms with Crippen LogP contribution in [0.1, 0.15) is 0 Å². The average Bonchev–Trinajstić information content (AvgIpc) is 2.46. The van der Waals surface area contributed by atoms with Crippen molar-refractivity contribution in [1.82, 2.24) is 4.90 Å². The van der Waals surface area contributed by atoms with Gasteiger partial charge >= 0.3 is 0 Å². The summed E-state index contributed by atoms with van der Waals surface area (Å²) in [6, 6.07) is 20.3. The fourth-order valence-corrected chi connectivity index (χ4v) is 2.27. The second-order valence-electron chi connectivity index (χ2n) is 5.20. The molecule has 0 fully saturated rings. The monoisotopic (exact) mass is 270 g/mol. The van der Waals surface area contributed by atoms with E-state index in [2.05, 4.69) is 29.2 Å². The molecule has 0 aliphatic heterocycles. The van der Waals surface area contributed by atoms with Crippen molar-refractivity contribution < 1.29 is 5.11 Å². The van der Waals surface area contributed by atoms with Gasteiger partial charge in [0.15, 0.2) is 0 Å². The number of para-hydroxylation sites is 2. The highest BCUT2D eigenvalue weighted by Gasteiger charge is 2.14. The molecular formula is C17H22N2O. The van der Waals surface area contributed by atoms with Crippen molar-refractivity contribution in [2.45, 2.75) is 6.10 Å². The molecule has 0 radical (unpaired) electrons. The first-order valence-corrected chi connectivity index (χ1v) is 6.87. The van der Waals surface area contributed by atoms with Gasteiger partial charge in [-0.05, 0) is 38.4 Å². The van der Waals surface area contributed by atoms with E-state index >= 15 is 0 Å². The lowest BCUT2D eigenvalue weighted by Gasteiger charge is -2.28. The van der Waals surface area contributed by atoms with Gasteiger partial charge in [0.05, 0.1) is 12.6 Å². The fourth-order valence-electron chi connectivity index (χ4n) is 2.27. The molecule has 0 bridgehead atoms. The molecule has 2 aromatic rings. The number of aliphatic hydroxyl groups excluding tert-OH is 1. The predicted molar refractivity (Wildman–Crippen MR) is 84.5 cm³/mol. The van der Waals surface area contributed by atoms with Gasteiger partial charge in [0.1, 0.15) is 0 Å². The minimum absolute atomic E-state index is 0.398. The highest BCUT2D eigenvalue weighted by molar-refractivity contribution is 5.63. The molecule has 0 amide bonds. The molecular weight excluding hydrogens is 248 g/mol. The normalized spacial score (nSPS) is 12.4. The molecule has 3 heteroatoms. The van der Waals surface area contributed by atoms with Crippen LogP contribution < -0.4 is 4.90 Å². The molecule has 1 N–H and O–H groups in total. The molecule has 20 heavy (non-hydrogen) atoms. The molecule has 0 aliphatic carbocycles. The van der Waals surface area contributed by atoms with E-state index in [1.807, 2.05) is 55.4 Å². The van der Waals surface area contributed by atoms with Crippen LogP contribution in [0.2, 0.25) is 0 Å². The lowest BCUT2D eigenvalue weighted by Crippen LogP contribution is -2.35. The van der Waals surface area contributed by atoms with E-state index in [0.29, 0.717) is 13.1 Å². The van der Waals surface area contributed by atoms with E-state index < -0.39 is 6.10 Å². The number of anilines is 2. The molecule has 1 atom stereocenters. The molecule has 106 valence electrons. The van der Waals surface area contributed by atoms with E-state index in [0.717, 1.165) is 11.4 Å². The number of hydrogen-bond donors (Lipinski definition) is 1. The molecule has 0 unspecified atom stereocenters. The molecule has 3 nitrogen and oxygen atoms in total. The first-order chi connectivity index (χ1) is 9.66. The lowest BCUT2D eigenvalue weighted by molar-refractivity contribution is 0.144. The Morgan fingerprint density at radius 1 is 0.800 bits per heavy atom. The van der Waals surface area contributed by atoms with Crippen LogP contribution in [0.3, 0.4) is 0 Å². The van der Waals surface area contributed by atoms with Gasteiger partial charge < -0.3 is 14.9 Å². The van der Waals surface area contributed by atoms with Crippen LogP contribution in [-0.4, -0.2) is 43.3 Å². The maximum Gasteiger partial charge on any atom is 0.0845 e. The molecule has 2 rings (SSSR count). The number of hydrogen-bond acceptors (Lipinski definition) is 3. The Balaban J connectivity index is 2.21. The number of nitrogens with zero attached hydrogens (tertiary/aromatic N) is 2. The molecule has 0 heterocycles. The van der Waals surface area contributed by atoms with Crippen LogP contribution in [-0.2, 0) is 0 Å². The Morgan fingerprint density at radius 2 is 1.25 bits per heavy atom. The van der Waals surface area contributed by atoms with Gasteiger partial charge in [-0.15, -0.1) is 0 Å². The average molecular weight is 270 g/mol. The summed E-state index contributed by atoms with van der Waals surface area (Å²) in [6.45, 7) is 1.22. The third-order valence-corrected chi connectivity index (χ3v) is 3.10. The summed E-state index contributed by atoms with van der Waals surface area (Å²) in [5.74, 6) is 0. The third kappa shape index (κ3) is 4.08. The first kappa shape index (κ1) is 14.6. The number of aliphatic hydroxyl groups is 1. The van der Waals surface area contributed by atoms with Crippen molar-refractivity contribution in [3.05, 3.63) is 60.7 Å². The van der Waals surface area contributed by atoms with Crippen LogP contribution in [0.5, 0.6) is 0 Å². The van der Waals surface area contributed by atoms with Gasteiger partial charge in [0, 0.05) is 17.9 Å². The van der Waals surface area contributed by atoms with Crippen LogP contribution in [0.4, 0.5) is 11.4 Å². The van der Waals surface area contributed by atoms with Crippen LogP contribution in [0.25, 0.3) is 0 Å². The standard InChI is InChI=1S/C17H22N2O/c1-18(2)13-17(20)14-19(15-9-5-3-6-10-15)16-11-7-4-8-12-16/h3-12,17,20H,13-14H2,1-2H3/t17-/m0/s1. The topological polar surface area (TPSA) is 26.7 Å². The lowest BCUT2D eigenvalue weighted by atomic mass is 10.2. The molecule has 0 saturated heterocycles. The summed E-state index contributed by atoms with van der Waals surface area (Å²) in [5, 5.41) is 10.2. The van der Waals surface area contributed by atoms with Crippen molar-refractivity contribution in [2.24, 2.45) is 0 Å². The molecule has 0 aliphatic rings. The summed E-state index contributed by atoms with van der Waals surface area (Å²) in [6.07, 6.45) is -0.398. The zero-order valence-electron chi connectivity index (χ0n) is 12.1.